The first-order chi connectivity index (χ1) is 6.61. The Bertz CT molecular complexity index is 242. The van der Waals surface area contributed by atoms with Crippen molar-refractivity contribution in [1.82, 2.24) is 0 Å². The smallest absolute Gasteiger partial charge is 0.0889 e. The Kier molecular flexibility index (Phi) is 3.71. The second-order valence-electron chi connectivity index (χ2n) is 3.83. The van der Waals surface area contributed by atoms with Gasteiger partial charge in [0.2, 0.25) is 0 Å². The van der Waals surface area contributed by atoms with Crippen molar-refractivity contribution in [1.29, 1.82) is 0 Å². The first-order valence-electron chi connectivity index (χ1n) is 4.63. The highest BCUT2D eigenvalue weighted by atomic mass is 16.3. The monoisotopic (exact) mass is 201 g/mol. The first kappa shape index (κ1) is 11.3. The normalized spacial score (nSPS) is 43.0. The van der Waals surface area contributed by atoms with Gasteiger partial charge in [-0.15, -0.1) is 0 Å². The fraction of sp³-hybridized carbons (Fsp3) is 1.00. The maximum atomic E-state index is 9.61. The van der Waals surface area contributed by atoms with Gasteiger partial charge in [0.1, 0.15) is 0 Å². The third-order valence-electron chi connectivity index (χ3n) is 2.86. The number of azide groups is 1. The average molecular weight is 201 g/mol. The highest BCUT2D eigenvalue weighted by Gasteiger charge is 2.40. The Morgan fingerprint density at radius 1 is 1.43 bits per heavy atom. The van der Waals surface area contributed by atoms with Crippen LogP contribution >= 0.6 is 0 Å². The van der Waals surface area contributed by atoms with Gasteiger partial charge in [0.15, 0.2) is 0 Å². The molecule has 0 aromatic carbocycles. The molecular formula is C8H15N3O3. The van der Waals surface area contributed by atoms with Crippen LogP contribution < -0.4 is 0 Å². The second-order valence-corrected chi connectivity index (χ2v) is 3.83. The molecule has 0 aromatic heterocycles. The molecule has 0 aliphatic heterocycles. The molecule has 0 saturated heterocycles. The minimum Gasteiger partial charge on any atom is -0.396 e. The van der Waals surface area contributed by atoms with E-state index in [9.17, 15) is 10.2 Å². The lowest BCUT2D eigenvalue weighted by Crippen LogP contribution is -2.50. The minimum atomic E-state index is -1.08. The summed E-state index contributed by atoms with van der Waals surface area (Å²) in [5.74, 6) is -0.355. The van der Waals surface area contributed by atoms with Crippen molar-refractivity contribution < 1.29 is 15.3 Å². The molecule has 5 atom stereocenters. The summed E-state index contributed by atoms with van der Waals surface area (Å²) >= 11 is 0. The van der Waals surface area contributed by atoms with Gasteiger partial charge in [-0.3, -0.25) is 0 Å². The molecule has 0 amide bonds. The van der Waals surface area contributed by atoms with Crippen LogP contribution in [0.1, 0.15) is 13.3 Å². The molecule has 0 spiro atoms. The van der Waals surface area contributed by atoms with Crippen molar-refractivity contribution in [2.45, 2.75) is 31.6 Å². The summed E-state index contributed by atoms with van der Waals surface area (Å²) in [6, 6.07) is -0.599. The molecule has 1 saturated carbocycles. The van der Waals surface area contributed by atoms with Crippen molar-refractivity contribution in [2.24, 2.45) is 17.0 Å². The number of aliphatic hydroxyl groups excluding tert-OH is 3. The fourth-order valence-corrected chi connectivity index (χ4v) is 2.00. The molecule has 1 aliphatic carbocycles. The van der Waals surface area contributed by atoms with Crippen molar-refractivity contribution in [3.63, 3.8) is 0 Å². The summed E-state index contributed by atoms with van der Waals surface area (Å²) in [7, 11) is 0. The van der Waals surface area contributed by atoms with Gasteiger partial charge in [-0.1, -0.05) is 12.0 Å². The van der Waals surface area contributed by atoms with Crippen LogP contribution in [0, 0.1) is 11.8 Å². The van der Waals surface area contributed by atoms with Crippen molar-refractivity contribution in [2.75, 3.05) is 6.61 Å². The number of nitrogens with zero attached hydrogens (tertiary/aromatic N) is 3. The number of rotatable bonds is 2. The number of aliphatic hydroxyl groups is 3. The Hall–Kier alpha value is -0.810. The van der Waals surface area contributed by atoms with Crippen LogP contribution in [-0.2, 0) is 0 Å². The van der Waals surface area contributed by atoms with Crippen LogP contribution in [0.3, 0.4) is 0 Å². The molecule has 6 nitrogen and oxygen atoms in total. The van der Waals surface area contributed by atoms with Crippen LogP contribution in [-0.4, -0.2) is 40.2 Å². The van der Waals surface area contributed by atoms with Gasteiger partial charge < -0.3 is 15.3 Å². The topological polar surface area (TPSA) is 109 Å². The predicted molar refractivity (Wildman–Crippen MR) is 49.3 cm³/mol. The van der Waals surface area contributed by atoms with Crippen LogP contribution in [0.25, 0.3) is 10.4 Å². The third kappa shape index (κ3) is 1.99. The molecule has 14 heavy (non-hydrogen) atoms. The van der Waals surface area contributed by atoms with E-state index in [4.69, 9.17) is 10.6 Å². The molecule has 0 bridgehead atoms. The molecule has 3 unspecified atom stereocenters. The Balaban J connectivity index is 2.78. The summed E-state index contributed by atoms with van der Waals surface area (Å²) in [5, 5.41) is 31.6. The highest BCUT2D eigenvalue weighted by Crippen LogP contribution is 2.31. The Morgan fingerprint density at radius 2 is 2.07 bits per heavy atom. The van der Waals surface area contributed by atoms with Gasteiger partial charge in [0.05, 0.1) is 18.2 Å². The third-order valence-corrected chi connectivity index (χ3v) is 2.86. The van der Waals surface area contributed by atoms with Crippen molar-refractivity contribution >= 4 is 0 Å². The van der Waals surface area contributed by atoms with Crippen molar-refractivity contribution in [3.8, 4) is 0 Å². The summed E-state index contributed by atoms with van der Waals surface area (Å²) in [6.45, 7) is 1.67. The molecule has 0 heterocycles. The SMILES string of the molecule is C[C@@H]1C[C@H](CO)C(O)C(O)C1N=[N+]=[N-]. The molecule has 1 fully saturated rings. The maximum Gasteiger partial charge on any atom is 0.0889 e. The van der Waals surface area contributed by atoms with E-state index in [-0.39, 0.29) is 18.4 Å². The average Bonchev–Trinajstić information content (AvgIpc) is 2.18. The summed E-state index contributed by atoms with van der Waals surface area (Å²) in [6.07, 6.45) is -1.53. The molecule has 1 aliphatic rings. The molecule has 1 rings (SSSR count). The Morgan fingerprint density at radius 3 is 2.57 bits per heavy atom. The van der Waals surface area contributed by atoms with Gasteiger partial charge in [0.25, 0.3) is 0 Å². The zero-order valence-corrected chi connectivity index (χ0v) is 7.98. The predicted octanol–water partition coefficient (Wildman–Crippen LogP) is 0.0354. The maximum absolute atomic E-state index is 9.61. The standard InChI is InChI=1S/C8H15N3O3/c1-4-2-5(3-12)7(13)8(14)6(4)10-11-9/h4-8,12-14H,2-3H2,1H3/t4-,5-,6?,7?,8?/m1/s1. The molecule has 0 aromatic rings. The zero-order valence-electron chi connectivity index (χ0n) is 7.98. The van der Waals surface area contributed by atoms with Crippen LogP contribution in [0.2, 0.25) is 0 Å². The quantitative estimate of drug-likeness (QED) is 0.333. The summed E-state index contributed by atoms with van der Waals surface area (Å²) in [5.41, 5.74) is 8.28. The van der Waals surface area contributed by atoms with E-state index in [1.54, 1.807) is 0 Å². The fourth-order valence-electron chi connectivity index (χ4n) is 2.00. The van der Waals surface area contributed by atoms with E-state index in [0.29, 0.717) is 6.42 Å². The van der Waals surface area contributed by atoms with Gasteiger partial charge in [-0.05, 0) is 17.9 Å². The molecule has 0 radical (unpaired) electrons. The lowest BCUT2D eigenvalue weighted by Gasteiger charge is -2.38. The molecule has 6 heteroatoms. The minimum absolute atomic E-state index is 0.0264. The van der Waals surface area contributed by atoms with Gasteiger partial charge in [-0.25, -0.2) is 0 Å². The van der Waals surface area contributed by atoms with E-state index in [1.165, 1.54) is 0 Å². The first-order valence-corrected chi connectivity index (χ1v) is 4.63. The van der Waals surface area contributed by atoms with Gasteiger partial charge >= 0.3 is 0 Å². The van der Waals surface area contributed by atoms with Crippen LogP contribution in [0.4, 0.5) is 0 Å². The highest BCUT2D eigenvalue weighted by molar-refractivity contribution is 4.94. The van der Waals surface area contributed by atoms with Crippen LogP contribution in [0.15, 0.2) is 5.11 Å². The van der Waals surface area contributed by atoms with E-state index < -0.39 is 18.2 Å². The van der Waals surface area contributed by atoms with Crippen LogP contribution in [0.5, 0.6) is 0 Å². The lowest BCUT2D eigenvalue weighted by atomic mass is 9.76. The van der Waals surface area contributed by atoms with E-state index in [0.717, 1.165) is 0 Å². The summed E-state index contributed by atoms with van der Waals surface area (Å²) < 4.78 is 0. The van der Waals surface area contributed by atoms with Gasteiger partial charge in [0, 0.05) is 17.4 Å². The lowest BCUT2D eigenvalue weighted by molar-refractivity contribution is -0.0831. The van der Waals surface area contributed by atoms with E-state index >= 15 is 0 Å². The molecule has 80 valence electrons. The summed E-state index contributed by atoms with van der Waals surface area (Å²) in [4.78, 5) is 2.64. The Labute approximate surface area is 81.8 Å². The van der Waals surface area contributed by atoms with E-state index in [1.807, 2.05) is 6.92 Å². The number of hydrogen-bond donors (Lipinski definition) is 3. The van der Waals surface area contributed by atoms with Crippen molar-refractivity contribution in [3.05, 3.63) is 10.4 Å². The molecular weight excluding hydrogens is 186 g/mol. The van der Waals surface area contributed by atoms with Gasteiger partial charge in [-0.2, -0.15) is 0 Å². The largest absolute Gasteiger partial charge is 0.396 e. The second kappa shape index (κ2) is 4.61. The van der Waals surface area contributed by atoms with E-state index in [2.05, 4.69) is 10.0 Å². The zero-order chi connectivity index (χ0) is 10.7. The number of hydrogen-bond acceptors (Lipinski definition) is 4. The molecule has 3 N–H and O–H groups in total.